The van der Waals surface area contributed by atoms with E-state index in [1.54, 1.807) is 0 Å². The third-order valence-electron chi connectivity index (χ3n) is 4.15. The van der Waals surface area contributed by atoms with E-state index in [0.29, 0.717) is 17.9 Å². The van der Waals surface area contributed by atoms with Crippen LogP contribution in [0.2, 0.25) is 0 Å². The molecular formula is C17H20N2. The molecule has 3 rings (SSSR count). The number of hydrogen-bond donors (Lipinski definition) is 1. The van der Waals surface area contributed by atoms with Crippen molar-refractivity contribution in [2.45, 2.75) is 25.3 Å². The quantitative estimate of drug-likeness (QED) is 0.901. The average molecular weight is 252 g/mol. The molecule has 1 N–H and O–H groups in total. The Kier molecular flexibility index (Phi) is 3.34. The summed E-state index contributed by atoms with van der Waals surface area (Å²) in [5, 5.41) is 3.46. The predicted octanol–water partition coefficient (Wildman–Crippen LogP) is 3.45. The van der Waals surface area contributed by atoms with Crippen molar-refractivity contribution in [3.63, 3.8) is 0 Å². The number of hydrogen-bond acceptors (Lipinski definition) is 2. The standard InChI is InChI=1S/C17H20N2/c1-12-7-6-10-19-16(12)17(18-2)15-11-14(15)13-8-4-3-5-9-13/h3-10,14-15,17-18H,11H2,1-2H3. The second-order valence-electron chi connectivity index (χ2n) is 5.39. The number of aryl methyl sites for hydroxylation is 1. The first-order valence-electron chi connectivity index (χ1n) is 6.95. The number of rotatable bonds is 4. The van der Waals surface area contributed by atoms with Gasteiger partial charge in [0.2, 0.25) is 0 Å². The highest BCUT2D eigenvalue weighted by Gasteiger charge is 2.44. The van der Waals surface area contributed by atoms with E-state index in [2.05, 4.69) is 53.6 Å². The van der Waals surface area contributed by atoms with Crippen molar-refractivity contribution in [3.05, 3.63) is 65.5 Å². The molecule has 1 aliphatic carbocycles. The van der Waals surface area contributed by atoms with Gasteiger partial charge in [-0.15, -0.1) is 0 Å². The lowest BCUT2D eigenvalue weighted by Crippen LogP contribution is -2.21. The van der Waals surface area contributed by atoms with Gasteiger partial charge in [-0.25, -0.2) is 0 Å². The highest BCUT2D eigenvalue weighted by Crippen LogP contribution is 2.53. The zero-order valence-electron chi connectivity index (χ0n) is 11.5. The lowest BCUT2D eigenvalue weighted by molar-refractivity contribution is 0.502. The van der Waals surface area contributed by atoms with Gasteiger partial charge in [-0.3, -0.25) is 4.98 Å². The average Bonchev–Trinajstić information content (AvgIpc) is 3.23. The van der Waals surface area contributed by atoms with Crippen molar-refractivity contribution in [1.82, 2.24) is 10.3 Å². The lowest BCUT2D eigenvalue weighted by Gasteiger charge is -2.17. The maximum Gasteiger partial charge on any atom is 0.0605 e. The minimum absolute atomic E-state index is 0.367. The molecular weight excluding hydrogens is 232 g/mol. The maximum absolute atomic E-state index is 4.58. The molecule has 1 aliphatic rings. The minimum atomic E-state index is 0.367. The predicted molar refractivity (Wildman–Crippen MR) is 78.1 cm³/mol. The van der Waals surface area contributed by atoms with Gasteiger partial charge in [0.15, 0.2) is 0 Å². The Labute approximate surface area is 114 Å². The SMILES string of the molecule is CNC(c1ncccc1C)C1CC1c1ccccc1. The number of aromatic nitrogens is 1. The molecule has 1 aromatic carbocycles. The molecule has 0 radical (unpaired) electrons. The third kappa shape index (κ3) is 2.41. The molecule has 0 saturated heterocycles. The second-order valence-corrected chi connectivity index (χ2v) is 5.39. The molecule has 1 heterocycles. The van der Waals surface area contributed by atoms with Gasteiger partial charge in [0, 0.05) is 6.20 Å². The van der Waals surface area contributed by atoms with E-state index in [1.807, 2.05) is 19.3 Å². The summed E-state index contributed by atoms with van der Waals surface area (Å²) in [5.74, 6) is 1.35. The van der Waals surface area contributed by atoms with Gasteiger partial charge in [-0.2, -0.15) is 0 Å². The maximum atomic E-state index is 4.58. The highest BCUT2D eigenvalue weighted by molar-refractivity contribution is 5.30. The number of nitrogens with one attached hydrogen (secondary N) is 1. The van der Waals surface area contributed by atoms with Crippen molar-refractivity contribution in [2.75, 3.05) is 7.05 Å². The molecule has 0 bridgehead atoms. The molecule has 2 aromatic rings. The Morgan fingerprint density at radius 1 is 1.16 bits per heavy atom. The molecule has 3 atom stereocenters. The van der Waals surface area contributed by atoms with E-state index < -0.39 is 0 Å². The number of benzene rings is 1. The third-order valence-corrected chi connectivity index (χ3v) is 4.15. The van der Waals surface area contributed by atoms with Crippen LogP contribution in [0.5, 0.6) is 0 Å². The van der Waals surface area contributed by atoms with E-state index in [1.165, 1.54) is 23.2 Å². The van der Waals surface area contributed by atoms with Gasteiger partial charge in [0.1, 0.15) is 0 Å². The Hall–Kier alpha value is -1.67. The van der Waals surface area contributed by atoms with Crippen LogP contribution in [0, 0.1) is 12.8 Å². The van der Waals surface area contributed by atoms with Crippen molar-refractivity contribution in [1.29, 1.82) is 0 Å². The van der Waals surface area contributed by atoms with Crippen LogP contribution in [-0.2, 0) is 0 Å². The monoisotopic (exact) mass is 252 g/mol. The Balaban J connectivity index is 1.81. The Morgan fingerprint density at radius 3 is 2.63 bits per heavy atom. The fourth-order valence-corrected chi connectivity index (χ4v) is 3.04. The van der Waals surface area contributed by atoms with Crippen LogP contribution in [0.1, 0.15) is 35.2 Å². The van der Waals surface area contributed by atoms with Crippen LogP contribution in [0.25, 0.3) is 0 Å². The van der Waals surface area contributed by atoms with E-state index in [9.17, 15) is 0 Å². The second kappa shape index (κ2) is 5.14. The molecule has 2 nitrogen and oxygen atoms in total. The zero-order valence-corrected chi connectivity index (χ0v) is 11.5. The van der Waals surface area contributed by atoms with E-state index in [0.717, 1.165) is 0 Å². The van der Waals surface area contributed by atoms with Crippen molar-refractivity contribution < 1.29 is 0 Å². The molecule has 98 valence electrons. The molecule has 1 aromatic heterocycles. The molecule has 19 heavy (non-hydrogen) atoms. The van der Waals surface area contributed by atoms with Crippen LogP contribution in [-0.4, -0.2) is 12.0 Å². The molecule has 2 heteroatoms. The Bertz CT molecular complexity index is 550. The summed E-state index contributed by atoms with van der Waals surface area (Å²) in [6.45, 7) is 2.15. The summed E-state index contributed by atoms with van der Waals surface area (Å²) in [7, 11) is 2.04. The number of pyridine rings is 1. The van der Waals surface area contributed by atoms with Gasteiger partial charge >= 0.3 is 0 Å². The summed E-state index contributed by atoms with van der Waals surface area (Å²) in [4.78, 5) is 4.58. The van der Waals surface area contributed by atoms with Crippen molar-refractivity contribution >= 4 is 0 Å². The van der Waals surface area contributed by atoms with E-state index in [4.69, 9.17) is 0 Å². The summed E-state index contributed by atoms with van der Waals surface area (Å²) in [6, 6.07) is 15.3. The van der Waals surface area contributed by atoms with Crippen LogP contribution in [0.4, 0.5) is 0 Å². The van der Waals surface area contributed by atoms with Crippen molar-refractivity contribution in [2.24, 2.45) is 5.92 Å². The molecule has 3 unspecified atom stereocenters. The summed E-state index contributed by atoms with van der Waals surface area (Å²) >= 11 is 0. The molecule has 1 fully saturated rings. The molecule has 1 saturated carbocycles. The first-order chi connectivity index (χ1) is 9.31. The summed E-state index contributed by atoms with van der Waals surface area (Å²) in [5.41, 5.74) is 3.94. The summed E-state index contributed by atoms with van der Waals surface area (Å²) in [6.07, 6.45) is 3.15. The molecule has 0 aliphatic heterocycles. The first kappa shape index (κ1) is 12.4. The van der Waals surface area contributed by atoms with Crippen LogP contribution < -0.4 is 5.32 Å². The van der Waals surface area contributed by atoms with Crippen LogP contribution >= 0.6 is 0 Å². The number of nitrogens with zero attached hydrogens (tertiary/aromatic N) is 1. The highest BCUT2D eigenvalue weighted by atomic mass is 14.9. The van der Waals surface area contributed by atoms with Crippen molar-refractivity contribution in [3.8, 4) is 0 Å². The first-order valence-corrected chi connectivity index (χ1v) is 6.95. The van der Waals surface area contributed by atoms with Gasteiger partial charge in [-0.05, 0) is 49.4 Å². The lowest BCUT2D eigenvalue weighted by atomic mass is 10.00. The fourth-order valence-electron chi connectivity index (χ4n) is 3.04. The normalized spacial score (nSPS) is 23.1. The molecule has 0 amide bonds. The fraction of sp³-hybridized carbons (Fsp3) is 0.353. The minimum Gasteiger partial charge on any atom is -0.311 e. The Morgan fingerprint density at radius 2 is 1.95 bits per heavy atom. The topological polar surface area (TPSA) is 24.9 Å². The zero-order chi connectivity index (χ0) is 13.2. The van der Waals surface area contributed by atoms with Gasteiger partial charge in [0.25, 0.3) is 0 Å². The smallest absolute Gasteiger partial charge is 0.0605 e. The largest absolute Gasteiger partial charge is 0.311 e. The van der Waals surface area contributed by atoms with E-state index in [-0.39, 0.29) is 0 Å². The van der Waals surface area contributed by atoms with Gasteiger partial charge < -0.3 is 5.32 Å². The van der Waals surface area contributed by atoms with Gasteiger partial charge in [-0.1, -0.05) is 36.4 Å². The van der Waals surface area contributed by atoms with E-state index >= 15 is 0 Å². The van der Waals surface area contributed by atoms with Gasteiger partial charge in [0.05, 0.1) is 11.7 Å². The van der Waals surface area contributed by atoms with Crippen LogP contribution in [0.15, 0.2) is 48.7 Å². The van der Waals surface area contributed by atoms with Crippen LogP contribution in [0.3, 0.4) is 0 Å². The molecule has 0 spiro atoms. The summed E-state index contributed by atoms with van der Waals surface area (Å²) < 4.78 is 0.